The normalized spacial score (nSPS) is 24.6. The predicted molar refractivity (Wildman–Crippen MR) is 163 cm³/mol. The molecule has 1 aromatic heterocycles. The number of carbonyl (C=O) groups excluding carboxylic acids is 2. The lowest BCUT2D eigenvalue weighted by molar-refractivity contribution is -0.148. The fourth-order valence-electron chi connectivity index (χ4n) is 8.09. The number of fused-ring (bicyclic) bond motifs is 3. The van der Waals surface area contributed by atoms with Gasteiger partial charge in [0.05, 0.1) is 11.0 Å². The number of nitrogens with zero attached hydrogens (tertiary/aromatic N) is 4. The molecule has 3 aliphatic heterocycles. The van der Waals surface area contributed by atoms with Gasteiger partial charge in [0.15, 0.2) is 0 Å². The van der Waals surface area contributed by atoms with Crippen molar-refractivity contribution in [3.8, 4) is 0 Å². The molecule has 3 saturated heterocycles. The molecule has 2 N–H and O–H groups in total. The van der Waals surface area contributed by atoms with Crippen molar-refractivity contribution >= 4 is 22.8 Å². The first-order valence-corrected chi connectivity index (χ1v) is 15.4. The van der Waals surface area contributed by atoms with E-state index in [-0.39, 0.29) is 11.3 Å². The summed E-state index contributed by atoms with van der Waals surface area (Å²) >= 11 is 0. The summed E-state index contributed by atoms with van der Waals surface area (Å²) in [6.07, 6.45) is 7.80. The third-order valence-electron chi connectivity index (χ3n) is 10.6. The second-order valence-electron chi connectivity index (χ2n) is 13.4. The number of aromatic nitrogens is 2. The number of hydrogen-bond donors (Lipinski definition) is 1. The number of benzene rings is 2. The molecule has 7 nitrogen and oxygen atoms in total. The minimum Gasteiger partial charge on any atom is -0.369 e. The number of carbonyl (C=O) groups is 2. The Hall–Kier alpha value is -3.19. The number of amides is 2. The van der Waals surface area contributed by atoms with Crippen LogP contribution in [-0.2, 0) is 15.0 Å². The van der Waals surface area contributed by atoms with Crippen molar-refractivity contribution in [2.75, 3.05) is 19.6 Å². The molecule has 0 radical (unpaired) electrons. The van der Waals surface area contributed by atoms with Crippen LogP contribution in [0.25, 0.3) is 11.0 Å². The van der Waals surface area contributed by atoms with E-state index < -0.39 is 11.3 Å². The number of nitrogens with two attached hydrogens (primary N) is 1. The summed E-state index contributed by atoms with van der Waals surface area (Å²) in [4.78, 5) is 34.7. The van der Waals surface area contributed by atoms with Gasteiger partial charge >= 0.3 is 0 Å². The Bertz CT molecular complexity index is 1440. The molecule has 7 heteroatoms. The van der Waals surface area contributed by atoms with Gasteiger partial charge in [-0.3, -0.25) is 14.5 Å². The Balaban J connectivity index is 1.19. The zero-order valence-corrected chi connectivity index (χ0v) is 25.1. The number of piperidine rings is 2. The van der Waals surface area contributed by atoms with E-state index in [1.165, 1.54) is 42.3 Å². The van der Waals surface area contributed by atoms with E-state index in [1.807, 2.05) is 4.90 Å². The Morgan fingerprint density at radius 3 is 2.32 bits per heavy atom. The van der Waals surface area contributed by atoms with Gasteiger partial charge in [-0.15, -0.1) is 0 Å². The standard InChI is InChI=1S/C34H45N5O2/c1-23-8-7-9-25(20-23)34(14-17-37(18-15-34)32(41)33(3,4)31(35)40)16-19-38-26-12-13-27(38)22-28(21-26)39-24(2)36-29-10-5-6-11-30(29)39/h5-11,20,26-28H,12-19,21-22H2,1-4H3,(H2,35,40)/t26-,27+,28+. The van der Waals surface area contributed by atoms with Gasteiger partial charge in [-0.05, 0) is 102 Å². The first kappa shape index (κ1) is 28.0. The summed E-state index contributed by atoms with van der Waals surface area (Å²) in [7, 11) is 0. The lowest BCUT2D eigenvalue weighted by atomic mass is 9.69. The second kappa shape index (κ2) is 10.6. The van der Waals surface area contributed by atoms with Crippen LogP contribution >= 0.6 is 0 Å². The Kier molecular flexibility index (Phi) is 7.21. The van der Waals surface area contributed by atoms with Crippen molar-refractivity contribution in [3.63, 3.8) is 0 Å². The summed E-state index contributed by atoms with van der Waals surface area (Å²) in [5.41, 5.74) is 9.46. The maximum Gasteiger partial charge on any atom is 0.237 e. The van der Waals surface area contributed by atoms with E-state index in [4.69, 9.17) is 10.7 Å². The van der Waals surface area contributed by atoms with Gasteiger partial charge in [0, 0.05) is 31.2 Å². The number of rotatable bonds is 7. The van der Waals surface area contributed by atoms with E-state index in [0.717, 1.165) is 37.1 Å². The van der Waals surface area contributed by atoms with Crippen LogP contribution in [0.4, 0.5) is 0 Å². The third-order valence-corrected chi connectivity index (χ3v) is 10.6. The van der Waals surface area contributed by atoms with Crippen LogP contribution in [0.5, 0.6) is 0 Å². The highest BCUT2D eigenvalue weighted by Crippen LogP contribution is 2.45. The molecule has 41 heavy (non-hydrogen) atoms. The maximum absolute atomic E-state index is 13.2. The molecule has 6 rings (SSSR count). The SMILES string of the molecule is Cc1cccc(C2(CCN3[C@@H]4CC[C@H]3C[C@@H](n3c(C)nc5ccccc53)C4)CCN(C(=O)C(C)(C)C(N)=O)CC2)c1. The largest absolute Gasteiger partial charge is 0.369 e. The fourth-order valence-corrected chi connectivity index (χ4v) is 8.09. The van der Waals surface area contributed by atoms with Crippen molar-refractivity contribution in [3.05, 3.63) is 65.5 Å². The van der Waals surface area contributed by atoms with Crippen LogP contribution in [0.2, 0.25) is 0 Å². The zero-order valence-electron chi connectivity index (χ0n) is 25.1. The van der Waals surface area contributed by atoms with Crippen LogP contribution in [0, 0.1) is 19.3 Å². The van der Waals surface area contributed by atoms with Crippen LogP contribution in [0.1, 0.15) is 81.8 Å². The van der Waals surface area contributed by atoms with Crippen molar-refractivity contribution in [2.45, 2.75) is 96.2 Å². The van der Waals surface area contributed by atoms with Gasteiger partial charge in [0.25, 0.3) is 0 Å². The molecule has 2 aromatic carbocycles. The molecule has 218 valence electrons. The summed E-state index contributed by atoms with van der Waals surface area (Å²) < 4.78 is 2.51. The molecule has 0 unspecified atom stereocenters. The Labute approximate surface area is 244 Å². The van der Waals surface area contributed by atoms with E-state index in [2.05, 4.69) is 71.8 Å². The average molecular weight is 556 g/mol. The van der Waals surface area contributed by atoms with Gasteiger partial charge in [-0.25, -0.2) is 4.98 Å². The highest BCUT2D eigenvalue weighted by atomic mass is 16.2. The average Bonchev–Trinajstić information content (AvgIpc) is 3.42. The molecular formula is C34H45N5O2. The lowest BCUT2D eigenvalue weighted by Gasteiger charge is -2.46. The minimum absolute atomic E-state index is 0.0209. The summed E-state index contributed by atoms with van der Waals surface area (Å²) in [5, 5.41) is 0. The van der Waals surface area contributed by atoms with Crippen molar-refractivity contribution < 1.29 is 9.59 Å². The fraction of sp³-hybridized carbons (Fsp3) is 0.559. The molecule has 2 amide bonds. The first-order valence-electron chi connectivity index (χ1n) is 15.4. The van der Waals surface area contributed by atoms with E-state index in [0.29, 0.717) is 31.2 Å². The minimum atomic E-state index is -1.17. The number of likely N-dealkylation sites (tertiary alicyclic amines) is 1. The molecule has 3 aliphatic rings. The van der Waals surface area contributed by atoms with Gasteiger partial charge in [0.1, 0.15) is 11.2 Å². The summed E-state index contributed by atoms with van der Waals surface area (Å²) in [6.45, 7) is 10.0. The molecular weight excluding hydrogens is 510 g/mol. The van der Waals surface area contributed by atoms with E-state index in [1.54, 1.807) is 13.8 Å². The van der Waals surface area contributed by atoms with E-state index >= 15 is 0 Å². The maximum atomic E-state index is 13.2. The monoisotopic (exact) mass is 555 g/mol. The third kappa shape index (κ3) is 4.96. The molecule has 3 fully saturated rings. The van der Waals surface area contributed by atoms with Crippen LogP contribution in [0.15, 0.2) is 48.5 Å². The highest BCUT2D eigenvalue weighted by Gasteiger charge is 2.45. The van der Waals surface area contributed by atoms with Crippen LogP contribution < -0.4 is 5.73 Å². The van der Waals surface area contributed by atoms with Gasteiger partial charge in [0.2, 0.25) is 11.8 Å². The molecule has 0 saturated carbocycles. The van der Waals surface area contributed by atoms with Crippen molar-refractivity contribution in [1.29, 1.82) is 0 Å². The molecule has 2 bridgehead atoms. The number of aryl methyl sites for hydroxylation is 2. The summed E-state index contributed by atoms with van der Waals surface area (Å²) in [5.74, 6) is 0.421. The molecule has 3 aromatic rings. The number of hydrogen-bond acceptors (Lipinski definition) is 4. The topological polar surface area (TPSA) is 84.5 Å². The molecule has 0 aliphatic carbocycles. The molecule has 3 atom stereocenters. The first-order chi connectivity index (χ1) is 19.6. The van der Waals surface area contributed by atoms with Gasteiger partial charge < -0.3 is 15.2 Å². The highest BCUT2D eigenvalue weighted by molar-refractivity contribution is 6.03. The quantitative estimate of drug-likeness (QED) is 0.402. The predicted octanol–water partition coefficient (Wildman–Crippen LogP) is 5.28. The number of imidazole rings is 1. The zero-order chi connectivity index (χ0) is 28.9. The van der Waals surface area contributed by atoms with Gasteiger partial charge in [-0.2, -0.15) is 0 Å². The smallest absolute Gasteiger partial charge is 0.237 e. The van der Waals surface area contributed by atoms with Crippen molar-refractivity contribution in [1.82, 2.24) is 19.4 Å². The summed E-state index contributed by atoms with van der Waals surface area (Å²) in [6, 6.07) is 19.2. The number of para-hydroxylation sites is 2. The second-order valence-corrected chi connectivity index (χ2v) is 13.4. The molecule has 4 heterocycles. The van der Waals surface area contributed by atoms with Gasteiger partial charge in [-0.1, -0.05) is 42.0 Å². The Morgan fingerprint density at radius 2 is 1.66 bits per heavy atom. The molecule has 0 spiro atoms. The van der Waals surface area contributed by atoms with Crippen LogP contribution in [0.3, 0.4) is 0 Å². The Morgan fingerprint density at radius 1 is 0.976 bits per heavy atom. The number of primary amides is 1. The van der Waals surface area contributed by atoms with E-state index in [9.17, 15) is 9.59 Å². The van der Waals surface area contributed by atoms with Crippen molar-refractivity contribution in [2.24, 2.45) is 11.1 Å². The lowest BCUT2D eigenvalue weighted by Crippen LogP contribution is -2.53. The van der Waals surface area contributed by atoms with Crippen LogP contribution in [-0.4, -0.2) is 62.9 Å².